The fourth-order valence-corrected chi connectivity index (χ4v) is 3.23. The number of nitrogens with one attached hydrogen (secondary N) is 1. The third-order valence-electron chi connectivity index (χ3n) is 3.50. The highest BCUT2D eigenvalue weighted by atomic mass is 32.1. The molecule has 0 aliphatic rings. The summed E-state index contributed by atoms with van der Waals surface area (Å²) in [6.45, 7) is 3.35. The van der Waals surface area contributed by atoms with Gasteiger partial charge in [0.15, 0.2) is 5.13 Å². The fraction of sp³-hybridized carbons (Fsp3) is 0.158. The Bertz CT molecular complexity index is 1010. The Kier molecular flexibility index (Phi) is 5.46. The zero-order valence-corrected chi connectivity index (χ0v) is 15.5. The average molecular weight is 384 g/mol. The molecule has 0 saturated carbocycles. The van der Waals surface area contributed by atoms with Crippen LogP contribution in [0.3, 0.4) is 0 Å². The Morgan fingerprint density at radius 1 is 1.07 bits per heavy atom. The molecular formula is C19H16N2O5S. The molecule has 27 heavy (non-hydrogen) atoms. The zero-order valence-electron chi connectivity index (χ0n) is 14.6. The molecule has 0 spiro atoms. The molecule has 0 unspecified atom stereocenters. The second-order valence-electron chi connectivity index (χ2n) is 5.49. The van der Waals surface area contributed by atoms with Gasteiger partial charge >= 0.3 is 11.9 Å². The molecule has 1 amide bonds. The highest BCUT2D eigenvalue weighted by molar-refractivity contribution is 7.22. The van der Waals surface area contributed by atoms with Crippen molar-refractivity contribution < 1.29 is 23.9 Å². The molecule has 1 N–H and O–H groups in total. The van der Waals surface area contributed by atoms with Crippen LogP contribution in [-0.4, -0.2) is 29.4 Å². The molecule has 1 heterocycles. The van der Waals surface area contributed by atoms with E-state index in [1.54, 1.807) is 49.4 Å². The lowest BCUT2D eigenvalue weighted by Crippen LogP contribution is -2.11. The van der Waals surface area contributed by atoms with Gasteiger partial charge in [-0.15, -0.1) is 0 Å². The van der Waals surface area contributed by atoms with Crippen LogP contribution < -0.4 is 10.1 Å². The highest BCUT2D eigenvalue weighted by Gasteiger charge is 2.13. The molecule has 0 radical (unpaired) electrons. The quantitative estimate of drug-likeness (QED) is 0.533. The van der Waals surface area contributed by atoms with Gasteiger partial charge in [-0.2, -0.15) is 0 Å². The first-order valence-corrected chi connectivity index (χ1v) is 8.95. The number of fused-ring (bicyclic) bond motifs is 1. The number of carbonyl (C=O) groups excluding carboxylic acids is 3. The van der Waals surface area contributed by atoms with Gasteiger partial charge in [-0.1, -0.05) is 11.3 Å². The molecule has 0 saturated heterocycles. The van der Waals surface area contributed by atoms with E-state index in [0.717, 1.165) is 4.70 Å². The Balaban J connectivity index is 1.74. The number of benzene rings is 2. The van der Waals surface area contributed by atoms with Gasteiger partial charge in [0, 0.05) is 12.5 Å². The maximum atomic E-state index is 12.4. The summed E-state index contributed by atoms with van der Waals surface area (Å²) in [4.78, 5) is 39.4. The van der Waals surface area contributed by atoms with Crippen molar-refractivity contribution in [2.75, 3.05) is 11.9 Å². The van der Waals surface area contributed by atoms with Gasteiger partial charge < -0.3 is 9.47 Å². The predicted octanol–water partition coefficient (Wildman–Crippen LogP) is 3.65. The molecule has 0 fully saturated rings. The number of nitrogens with zero attached hydrogens (tertiary/aromatic N) is 1. The zero-order chi connectivity index (χ0) is 19.4. The highest BCUT2D eigenvalue weighted by Crippen LogP contribution is 2.27. The van der Waals surface area contributed by atoms with Crippen molar-refractivity contribution in [3.63, 3.8) is 0 Å². The van der Waals surface area contributed by atoms with Crippen LogP contribution in [0.1, 0.15) is 34.6 Å². The molecule has 2 aromatic carbocycles. The minimum absolute atomic E-state index is 0.303. The third kappa shape index (κ3) is 4.48. The van der Waals surface area contributed by atoms with E-state index in [2.05, 4.69) is 10.3 Å². The van der Waals surface area contributed by atoms with Crippen LogP contribution in [0.25, 0.3) is 10.2 Å². The maximum absolute atomic E-state index is 12.4. The van der Waals surface area contributed by atoms with Gasteiger partial charge in [-0.3, -0.25) is 14.9 Å². The number of aromatic nitrogens is 1. The summed E-state index contributed by atoms with van der Waals surface area (Å²) < 4.78 is 10.7. The number of amides is 1. The van der Waals surface area contributed by atoms with E-state index in [9.17, 15) is 14.4 Å². The molecule has 8 heteroatoms. The maximum Gasteiger partial charge on any atom is 0.338 e. The van der Waals surface area contributed by atoms with Crippen LogP contribution in [0.2, 0.25) is 0 Å². The normalized spacial score (nSPS) is 10.4. The van der Waals surface area contributed by atoms with Crippen LogP contribution in [-0.2, 0) is 9.53 Å². The smallest absolute Gasteiger partial charge is 0.338 e. The topological polar surface area (TPSA) is 94.6 Å². The SMILES string of the molecule is CCOC(=O)c1ccc2nc(NC(=O)c3ccc(OC(C)=O)cc3)sc2c1. The van der Waals surface area contributed by atoms with Crippen LogP contribution >= 0.6 is 11.3 Å². The Labute approximate surface area is 158 Å². The van der Waals surface area contributed by atoms with Gasteiger partial charge in [-0.05, 0) is 49.4 Å². The van der Waals surface area contributed by atoms with Crippen molar-refractivity contribution in [1.82, 2.24) is 4.98 Å². The van der Waals surface area contributed by atoms with E-state index in [1.807, 2.05) is 0 Å². The number of thiazole rings is 1. The lowest BCUT2D eigenvalue weighted by molar-refractivity contribution is -0.131. The van der Waals surface area contributed by atoms with E-state index < -0.39 is 11.9 Å². The van der Waals surface area contributed by atoms with Crippen molar-refractivity contribution in [3.05, 3.63) is 53.6 Å². The second kappa shape index (κ2) is 7.96. The molecule has 7 nitrogen and oxygen atoms in total. The largest absolute Gasteiger partial charge is 0.462 e. The van der Waals surface area contributed by atoms with E-state index in [-0.39, 0.29) is 5.91 Å². The molecule has 0 aliphatic carbocycles. The van der Waals surface area contributed by atoms with Crippen molar-refractivity contribution in [3.8, 4) is 5.75 Å². The summed E-state index contributed by atoms with van der Waals surface area (Å²) in [5.41, 5.74) is 1.51. The Morgan fingerprint density at radius 2 is 1.78 bits per heavy atom. The molecule has 1 aromatic heterocycles. The summed E-state index contributed by atoms with van der Waals surface area (Å²) in [7, 11) is 0. The number of esters is 2. The minimum Gasteiger partial charge on any atom is -0.462 e. The predicted molar refractivity (Wildman–Crippen MR) is 101 cm³/mol. The molecule has 0 bridgehead atoms. The van der Waals surface area contributed by atoms with Crippen LogP contribution in [0.15, 0.2) is 42.5 Å². The number of hydrogen-bond donors (Lipinski definition) is 1. The lowest BCUT2D eigenvalue weighted by atomic mass is 10.2. The Morgan fingerprint density at radius 3 is 2.44 bits per heavy atom. The first kappa shape index (κ1) is 18.5. The molecular weight excluding hydrogens is 368 g/mol. The summed E-state index contributed by atoms with van der Waals surface area (Å²) in [6.07, 6.45) is 0. The molecule has 3 aromatic rings. The van der Waals surface area contributed by atoms with E-state index in [0.29, 0.717) is 34.1 Å². The first-order valence-electron chi connectivity index (χ1n) is 8.14. The number of anilines is 1. The van der Waals surface area contributed by atoms with Gasteiger partial charge in [0.2, 0.25) is 0 Å². The summed E-state index contributed by atoms with van der Waals surface area (Å²) in [5.74, 6) is -0.797. The Hall–Kier alpha value is -3.26. The van der Waals surface area contributed by atoms with Crippen molar-refractivity contribution >= 4 is 44.5 Å². The average Bonchev–Trinajstić information content (AvgIpc) is 3.03. The molecule has 0 aliphatic heterocycles. The third-order valence-corrected chi connectivity index (χ3v) is 4.43. The van der Waals surface area contributed by atoms with Crippen molar-refractivity contribution in [2.45, 2.75) is 13.8 Å². The van der Waals surface area contributed by atoms with Gasteiger partial charge in [-0.25, -0.2) is 9.78 Å². The first-order chi connectivity index (χ1) is 13.0. The lowest BCUT2D eigenvalue weighted by Gasteiger charge is -2.03. The van der Waals surface area contributed by atoms with Crippen LogP contribution in [0.4, 0.5) is 5.13 Å². The number of hydrogen-bond acceptors (Lipinski definition) is 7. The fourth-order valence-electron chi connectivity index (χ4n) is 2.33. The van der Waals surface area contributed by atoms with Gasteiger partial charge in [0.05, 0.1) is 22.4 Å². The number of rotatable bonds is 5. The summed E-state index contributed by atoms with van der Waals surface area (Å²) in [5, 5.41) is 3.14. The van der Waals surface area contributed by atoms with Crippen molar-refractivity contribution in [2.24, 2.45) is 0 Å². The van der Waals surface area contributed by atoms with E-state index >= 15 is 0 Å². The summed E-state index contributed by atoms with van der Waals surface area (Å²) >= 11 is 1.26. The van der Waals surface area contributed by atoms with Gasteiger partial charge in [0.1, 0.15) is 5.75 Å². The second-order valence-corrected chi connectivity index (χ2v) is 6.52. The molecule has 3 rings (SSSR count). The van der Waals surface area contributed by atoms with E-state index in [1.165, 1.54) is 18.3 Å². The standard InChI is InChI=1S/C19H16N2O5S/c1-3-25-18(24)13-6-9-15-16(10-13)27-19(20-15)21-17(23)12-4-7-14(8-5-12)26-11(2)22/h4-10H,3H2,1-2H3,(H,20,21,23). The van der Waals surface area contributed by atoms with Crippen molar-refractivity contribution in [1.29, 1.82) is 0 Å². The molecule has 138 valence electrons. The monoisotopic (exact) mass is 384 g/mol. The number of carbonyl (C=O) groups is 3. The minimum atomic E-state index is -0.427. The number of ether oxygens (including phenoxy) is 2. The van der Waals surface area contributed by atoms with Crippen LogP contribution in [0, 0.1) is 0 Å². The van der Waals surface area contributed by atoms with E-state index in [4.69, 9.17) is 9.47 Å². The van der Waals surface area contributed by atoms with Crippen LogP contribution in [0.5, 0.6) is 5.75 Å². The van der Waals surface area contributed by atoms with Gasteiger partial charge in [0.25, 0.3) is 5.91 Å². The summed E-state index contributed by atoms with van der Waals surface area (Å²) in [6, 6.07) is 11.2. The molecule has 0 atom stereocenters.